The third-order valence-corrected chi connectivity index (χ3v) is 4.00. The van der Waals surface area contributed by atoms with Crippen molar-refractivity contribution < 1.29 is 9.18 Å². The van der Waals surface area contributed by atoms with E-state index in [9.17, 15) is 9.18 Å². The normalized spacial score (nSPS) is 15.9. The lowest BCUT2D eigenvalue weighted by molar-refractivity contribution is -0.121. The molecule has 0 atom stereocenters. The molecule has 0 saturated carbocycles. The predicted octanol–water partition coefficient (Wildman–Crippen LogP) is 2.75. The molecule has 2 rings (SSSR count). The summed E-state index contributed by atoms with van der Waals surface area (Å²) in [6, 6.07) is 6.64. The van der Waals surface area contributed by atoms with Crippen LogP contribution in [0.1, 0.15) is 37.7 Å². The number of likely N-dealkylation sites (tertiary alicyclic amines) is 1. The molecule has 4 heteroatoms. The summed E-state index contributed by atoms with van der Waals surface area (Å²) in [6.07, 6.45) is 5.76. The van der Waals surface area contributed by atoms with Crippen molar-refractivity contribution in [2.45, 2.75) is 38.5 Å². The maximum absolute atomic E-state index is 13.4. The molecule has 116 valence electrons. The molecule has 0 spiro atoms. The van der Waals surface area contributed by atoms with E-state index in [1.807, 2.05) is 0 Å². The SMILES string of the molecule is O=C(CCc1ccccc1F)NCCCN1CCCCC1. The minimum Gasteiger partial charge on any atom is -0.356 e. The van der Waals surface area contributed by atoms with Crippen LogP contribution in [0.3, 0.4) is 0 Å². The number of nitrogens with zero attached hydrogens (tertiary/aromatic N) is 1. The number of hydrogen-bond donors (Lipinski definition) is 1. The minimum atomic E-state index is -0.226. The molecule has 1 amide bonds. The lowest BCUT2D eigenvalue weighted by Crippen LogP contribution is -2.33. The number of piperidine rings is 1. The van der Waals surface area contributed by atoms with E-state index in [2.05, 4.69) is 10.2 Å². The van der Waals surface area contributed by atoms with Crippen LogP contribution in [-0.4, -0.2) is 37.0 Å². The number of carbonyl (C=O) groups is 1. The van der Waals surface area contributed by atoms with Crippen molar-refractivity contribution in [2.75, 3.05) is 26.2 Å². The van der Waals surface area contributed by atoms with Crippen LogP contribution in [0.4, 0.5) is 4.39 Å². The Morgan fingerprint density at radius 2 is 1.95 bits per heavy atom. The number of benzene rings is 1. The number of amides is 1. The molecule has 1 heterocycles. The summed E-state index contributed by atoms with van der Waals surface area (Å²) in [7, 11) is 0. The second-order valence-electron chi connectivity index (χ2n) is 5.70. The van der Waals surface area contributed by atoms with Gasteiger partial charge in [0.1, 0.15) is 5.82 Å². The summed E-state index contributed by atoms with van der Waals surface area (Å²) in [5.74, 6) is -0.215. The molecule has 0 unspecified atom stereocenters. The summed E-state index contributed by atoms with van der Waals surface area (Å²) in [6.45, 7) is 4.17. The standard InChI is InChI=1S/C17H25FN2O/c18-16-8-3-2-7-15(16)9-10-17(21)19-11-6-14-20-12-4-1-5-13-20/h2-3,7-8H,1,4-6,9-14H2,(H,19,21). The van der Waals surface area contributed by atoms with Crippen LogP contribution >= 0.6 is 0 Å². The fourth-order valence-corrected chi connectivity index (χ4v) is 2.75. The Bertz CT molecular complexity index is 444. The second-order valence-corrected chi connectivity index (χ2v) is 5.70. The van der Waals surface area contributed by atoms with E-state index in [0.717, 1.165) is 13.0 Å². The number of rotatable bonds is 7. The first-order valence-corrected chi connectivity index (χ1v) is 7.98. The van der Waals surface area contributed by atoms with Crippen molar-refractivity contribution in [3.63, 3.8) is 0 Å². The molecular formula is C17H25FN2O. The minimum absolute atomic E-state index is 0.0110. The number of halogens is 1. The first-order chi connectivity index (χ1) is 10.3. The maximum atomic E-state index is 13.4. The quantitative estimate of drug-likeness (QED) is 0.784. The zero-order valence-corrected chi connectivity index (χ0v) is 12.6. The first-order valence-electron chi connectivity index (χ1n) is 7.98. The molecular weight excluding hydrogens is 267 g/mol. The molecule has 1 fully saturated rings. The molecule has 1 aromatic rings. The third-order valence-electron chi connectivity index (χ3n) is 4.00. The van der Waals surface area contributed by atoms with Crippen molar-refractivity contribution in [2.24, 2.45) is 0 Å². The van der Waals surface area contributed by atoms with Crippen molar-refractivity contribution in [1.29, 1.82) is 0 Å². The maximum Gasteiger partial charge on any atom is 0.220 e. The molecule has 1 aliphatic heterocycles. The summed E-state index contributed by atoms with van der Waals surface area (Å²) >= 11 is 0. The van der Waals surface area contributed by atoms with E-state index in [1.165, 1.54) is 38.4 Å². The Balaban J connectivity index is 1.56. The van der Waals surface area contributed by atoms with Gasteiger partial charge in [-0.05, 0) is 56.9 Å². The van der Waals surface area contributed by atoms with Crippen LogP contribution in [0.2, 0.25) is 0 Å². The zero-order chi connectivity index (χ0) is 14.9. The van der Waals surface area contributed by atoms with E-state index in [-0.39, 0.29) is 11.7 Å². The Morgan fingerprint density at radius 1 is 1.19 bits per heavy atom. The molecule has 0 aliphatic carbocycles. The Labute approximate surface area is 126 Å². The van der Waals surface area contributed by atoms with E-state index in [0.29, 0.717) is 24.9 Å². The van der Waals surface area contributed by atoms with Gasteiger partial charge in [0, 0.05) is 13.0 Å². The first kappa shape index (κ1) is 16.0. The lowest BCUT2D eigenvalue weighted by atomic mass is 10.1. The van der Waals surface area contributed by atoms with Gasteiger partial charge in [-0.15, -0.1) is 0 Å². The van der Waals surface area contributed by atoms with Gasteiger partial charge in [0.05, 0.1) is 0 Å². The van der Waals surface area contributed by atoms with Crippen LogP contribution in [0, 0.1) is 5.82 Å². The summed E-state index contributed by atoms with van der Waals surface area (Å²) in [5.41, 5.74) is 0.612. The number of hydrogen-bond acceptors (Lipinski definition) is 2. The van der Waals surface area contributed by atoms with Gasteiger partial charge in [0.25, 0.3) is 0 Å². The monoisotopic (exact) mass is 292 g/mol. The Morgan fingerprint density at radius 3 is 2.71 bits per heavy atom. The summed E-state index contributed by atoms with van der Waals surface area (Å²) in [5, 5.41) is 2.92. The van der Waals surface area contributed by atoms with E-state index in [4.69, 9.17) is 0 Å². The Kier molecular flexibility index (Phi) is 6.67. The number of nitrogens with one attached hydrogen (secondary N) is 1. The molecule has 0 aromatic heterocycles. The van der Waals surface area contributed by atoms with Gasteiger partial charge < -0.3 is 10.2 Å². The van der Waals surface area contributed by atoms with Gasteiger partial charge in [-0.3, -0.25) is 4.79 Å². The van der Waals surface area contributed by atoms with Gasteiger partial charge in [-0.1, -0.05) is 24.6 Å². The molecule has 21 heavy (non-hydrogen) atoms. The van der Waals surface area contributed by atoms with Gasteiger partial charge in [-0.25, -0.2) is 4.39 Å². The predicted molar refractivity (Wildman–Crippen MR) is 82.6 cm³/mol. The molecule has 0 radical (unpaired) electrons. The largest absolute Gasteiger partial charge is 0.356 e. The van der Waals surface area contributed by atoms with Crippen LogP contribution in [-0.2, 0) is 11.2 Å². The molecule has 3 nitrogen and oxygen atoms in total. The van der Waals surface area contributed by atoms with Crippen LogP contribution < -0.4 is 5.32 Å². The van der Waals surface area contributed by atoms with Crippen molar-refractivity contribution in [3.05, 3.63) is 35.6 Å². The van der Waals surface area contributed by atoms with Crippen molar-refractivity contribution in [1.82, 2.24) is 10.2 Å². The van der Waals surface area contributed by atoms with Crippen molar-refractivity contribution >= 4 is 5.91 Å². The van der Waals surface area contributed by atoms with Gasteiger partial charge in [0.2, 0.25) is 5.91 Å². The topological polar surface area (TPSA) is 32.3 Å². The highest BCUT2D eigenvalue weighted by Crippen LogP contribution is 2.09. The van der Waals surface area contributed by atoms with Crippen LogP contribution in [0.25, 0.3) is 0 Å². The van der Waals surface area contributed by atoms with Crippen LogP contribution in [0.5, 0.6) is 0 Å². The average Bonchev–Trinajstić information content (AvgIpc) is 2.52. The molecule has 0 bridgehead atoms. The van der Waals surface area contributed by atoms with E-state index >= 15 is 0 Å². The van der Waals surface area contributed by atoms with E-state index < -0.39 is 0 Å². The molecule has 1 aliphatic rings. The lowest BCUT2D eigenvalue weighted by Gasteiger charge is -2.26. The van der Waals surface area contributed by atoms with Gasteiger partial charge in [-0.2, -0.15) is 0 Å². The number of carbonyl (C=O) groups excluding carboxylic acids is 1. The zero-order valence-electron chi connectivity index (χ0n) is 12.6. The Hall–Kier alpha value is -1.42. The highest BCUT2D eigenvalue weighted by Gasteiger charge is 2.09. The smallest absolute Gasteiger partial charge is 0.220 e. The van der Waals surface area contributed by atoms with Gasteiger partial charge in [0.15, 0.2) is 0 Å². The summed E-state index contributed by atoms with van der Waals surface area (Å²) < 4.78 is 13.4. The van der Waals surface area contributed by atoms with Gasteiger partial charge >= 0.3 is 0 Å². The average molecular weight is 292 g/mol. The molecule has 1 aromatic carbocycles. The fourth-order valence-electron chi connectivity index (χ4n) is 2.75. The number of aryl methyl sites for hydroxylation is 1. The third kappa shape index (κ3) is 5.84. The summed E-state index contributed by atoms with van der Waals surface area (Å²) in [4.78, 5) is 14.2. The highest BCUT2D eigenvalue weighted by atomic mass is 19.1. The van der Waals surface area contributed by atoms with E-state index in [1.54, 1.807) is 18.2 Å². The van der Waals surface area contributed by atoms with Crippen LogP contribution in [0.15, 0.2) is 24.3 Å². The van der Waals surface area contributed by atoms with Crippen molar-refractivity contribution in [3.8, 4) is 0 Å². The fraction of sp³-hybridized carbons (Fsp3) is 0.588. The molecule has 1 saturated heterocycles. The highest BCUT2D eigenvalue weighted by molar-refractivity contribution is 5.76. The second kappa shape index (κ2) is 8.78. The molecule has 1 N–H and O–H groups in total.